The molecule has 0 aromatic heterocycles. The Morgan fingerprint density at radius 2 is 2.00 bits per heavy atom. The lowest BCUT2D eigenvalue weighted by Gasteiger charge is -2.22. The molecule has 0 amide bonds. The van der Waals surface area contributed by atoms with Crippen molar-refractivity contribution in [2.45, 2.75) is 51.0 Å². The second-order valence-corrected chi connectivity index (χ2v) is 5.45. The number of benzene rings is 1. The van der Waals surface area contributed by atoms with Crippen LogP contribution in [0.4, 0.5) is 0 Å². The van der Waals surface area contributed by atoms with Crippen molar-refractivity contribution in [2.75, 3.05) is 6.61 Å². The van der Waals surface area contributed by atoms with Crippen molar-refractivity contribution in [2.24, 2.45) is 0 Å². The molecule has 0 unspecified atom stereocenters. The first kappa shape index (κ1) is 12.4. The maximum atomic E-state index is 10.2. The average molecular weight is 234 g/mol. The van der Waals surface area contributed by atoms with E-state index in [9.17, 15) is 5.11 Å². The van der Waals surface area contributed by atoms with Crippen LogP contribution < -0.4 is 4.74 Å². The van der Waals surface area contributed by atoms with Gasteiger partial charge in [0.25, 0.3) is 0 Å². The van der Waals surface area contributed by atoms with E-state index in [0.717, 1.165) is 31.4 Å². The van der Waals surface area contributed by atoms with Gasteiger partial charge in [0.15, 0.2) is 0 Å². The fraction of sp³-hybridized carbons (Fsp3) is 0.600. The van der Waals surface area contributed by atoms with Gasteiger partial charge in [-0.25, -0.2) is 0 Å². The van der Waals surface area contributed by atoms with E-state index in [1.54, 1.807) is 0 Å². The van der Waals surface area contributed by atoms with Crippen LogP contribution in [0.1, 0.15) is 51.0 Å². The topological polar surface area (TPSA) is 29.5 Å². The fourth-order valence-corrected chi connectivity index (χ4v) is 2.36. The van der Waals surface area contributed by atoms with Gasteiger partial charge in [0.05, 0.1) is 5.60 Å². The molecule has 0 saturated heterocycles. The molecule has 0 heterocycles. The molecule has 17 heavy (non-hydrogen) atoms. The van der Waals surface area contributed by atoms with Crippen LogP contribution in [0.2, 0.25) is 0 Å². The Bertz CT molecular complexity index is 365. The van der Waals surface area contributed by atoms with Gasteiger partial charge in [-0.3, -0.25) is 0 Å². The van der Waals surface area contributed by atoms with Crippen LogP contribution in [-0.4, -0.2) is 17.3 Å². The summed E-state index contributed by atoms with van der Waals surface area (Å²) < 4.78 is 5.73. The zero-order valence-corrected chi connectivity index (χ0v) is 10.8. The second kappa shape index (κ2) is 5.09. The van der Waals surface area contributed by atoms with Gasteiger partial charge in [-0.15, -0.1) is 0 Å². The summed E-state index contributed by atoms with van der Waals surface area (Å²) in [5.74, 6) is 1.38. The van der Waals surface area contributed by atoms with Crippen molar-refractivity contribution in [3.8, 4) is 5.75 Å². The minimum absolute atomic E-state index is 0.425. The van der Waals surface area contributed by atoms with Gasteiger partial charge in [0, 0.05) is 0 Å². The molecule has 0 spiro atoms. The first-order valence-electron chi connectivity index (χ1n) is 6.54. The van der Waals surface area contributed by atoms with Gasteiger partial charge >= 0.3 is 0 Å². The predicted molar refractivity (Wildman–Crippen MR) is 69.4 cm³/mol. The van der Waals surface area contributed by atoms with E-state index in [1.165, 1.54) is 5.56 Å². The smallest absolute Gasteiger partial charge is 0.119 e. The van der Waals surface area contributed by atoms with Crippen molar-refractivity contribution >= 4 is 0 Å². The normalized spacial score (nSPS) is 18.6. The first-order valence-corrected chi connectivity index (χ1v) is 6.54. The van der Waals surface area contributed by atoms with Crippen LogP contribution in [0.15, 0.2) is 24.3 Å². The van der Waals surface area contributed by atoms with Gasteiger partial charge in [-0.1, -0.05) is 38.8 Å². The van der Waals surface area contributed by atoms with Crippen LogP contribution in [-0.2, 0) is 0 Å². The standard InChI is InChI=1S/C15H22O2/c1-12(2)13-6-5-7-14(10-13)17-11-15(16)8-3-4-9-15/h5-7,10,12,16H,3-4,8-9,11H2,1-2H3. The van der Waals surface area contributed by atoms with Crippen molar-refractivity contribution in [1.82, 2.24) is 0 Å². The molecule has 0 aliphatic heterocycles. The van der Waals surface area contributed by atoms with Crippen molar-refractivity contribution in [1.29, 1.82) is 0 Å². The summed E-state index contributed by atoms with van der Waals surface area (Å²) in [7, 11) is 0. The molecular weight excluding hydrogens is 212 g/mol. The minimum Gasteiger partial charge on any atom is -0.491 e. The minimum atomic E-state index is -0.589. The third kappa shape index (κ3) is 3.22. The Balaban J connectivity index is 1.96. The molecule has 1 fully saturated rings. The Labute approximate surface area is 104 Å². The predicted octanol–water partition coefficient (Wildman–Crippen LogP) is 3.49. The Morgan fingerprint density at radius 3 is 2.65 bits per heavy atom. The van der Waals surface area contributed by atoms with E-state index in [4.69, 9.17) is 4.74 Å². The number of rotatable bonds is 4. The molecule has 0 bridgehead atoms. The van der Waals surface area contributed by atoms with Crippen LogP contribution in [0.3, 0.4) is 0 Å². The number of aliphatic hydroxyl groups is 1. The van der Waals surface area contributed by atoms with E-state index >= 15 is 0 Å². The zero-order chi connectivity index (χ0) is 12.3. The van der Waals surface area contributed by atoms with E-state index in [-0.39, 0.29) is 0 Å². The van der Waals surface area contributed by atoms with Gasteiger partial charge in [0.1, 0.15) is 12.4 Å². The molecule has 1 saturated carbocycles. The fourth-order valence-electron chi connectivity index (χ4n) is 2.36. The summed E-state index contributed by atoms with van der Waals surface area (Å²) in [5, 5.41) is 10.2. The summed E-state index contributed by atoms with van der Waals surface area (Å²) in [5.41, 5.74) is 0.689. The molecule has 1 aromatic carbocycles. The van der Waals surface area contributed by atoms with Crippen molar-refractivity contribution in [3.63, 3.8) is 0 Å². The van der Waals surface area contributed by atoms with Gasteiger partial charge < -0.3 is 9.84 Å². The summed E-state index contributed by atoms with van der Waals surface area (Å²) in [4.78, 5) is 0. The van der Waals surface area contributed by atoms with Gasteiger partial charge in [-0.2, -0.15) is 0 Å². The maximum Gasteiger partial charge on any atom is 0.119 e. The van der Waals surface area contributed by atoms with E-state index in [1.807, 2.05) is 12.1 Å². The van der Waals surface area contributed by atoms with Gasteiger partial charge in [-0.05, 0) is 36.5 Å². The average Bonchev–Trinajstić information content (AvgIpc) is 2.75. The molecule has 0 radical (unpaired) electrons. The molecule has 2 rings (SSSR count). The molecule has 1 aliphatic rings. The summed E-state index contributed by atoms with van der Waals surface area (Å²) in [6.07, 6.45) is 3.98. The van der Waals surface area contributed by atoms with Crippen LogP contribution in [0, 0.1) is 0 Å². The van der Waals surface area contributed by atoms with Crippen LogP contribution >= 0.6 is 0 Å². The highest BCUT2D eigenvalue weighted by Crippen LogP contribution is 2.30. The summed E-state index contributed by atoms with van der Waals surface area (Å²) in [6.45, 7) is 4.77. The lowest BCUT2D eigenvalue weighted by Crippen LogP contribution is -2.32. The second-order valence-electron chi connectivity index (χ2n) is 5.45. The summed E-state index contributed by atoms with van der Waals surface area (Å²) in [6, 6.07) is 8.17. The van der Waals surface area contributed by atoms with Gasteiger partial charge in [0.2, 0.25) is 0 Å². The number of hydrogen-bond acceptors (Lipinski definition) is 2. The monoisotopic (exact) mass is 234 g/mol. The maximum absolute atomic E-state index is 10.2. The molecule has 1 aromatic rings. The zero-order valence-electron chi connectivity index (χ0n) is 10.8. The molecule has 2 nitrogen and oxygen atoms in total. The van der Waals surface area contributed by atoms with Crippen LogP contribution in [0.5, 0.6) is 5.75 Å². The largest absolute Gasteiger partial charge is 0.491 e. The Hall–Kier alpha value is -1.02. The Kier molecular flexibility index (Phi) is 3.72. The molecule has 2 heteroatoms. The Morgan fingerprint density at radius 1 is 1.29 bits per heavy atom. The van der Waals surface area contributed by atoms with Crippen molar-refractivity contribution in [3.05, 3.63) is 29.8 Å². The SMILES string of the molecule is CC(C)c1cccc(OCC2(O)CCCC2)c1. The molecule has 94 valence electrons. The van der Waals surface area contributed by atoms with Crippen molar-refractivity contribution < 1.29 is 9.84 Å². The molecule has 0 atom stereocenters. The van der Waals surface area contributed by atoms with E-state index < -0.39 is 5.60 Å². The van der Waals surface area contributed by atoms with E-state index in [2.05, 4.69) is 26.0 Å². The molecular formula is C15H22O2. The summed E-state index contributed by atoms with van der Waals surface area (Å²) >= 11 is 0. The quantitative estimate of drug-likeness (QED) is 0.864. The lowest BCUT2D eigenvalue weighted by atomic mass is 10.0. The lowest BCUT2D eigenvalue weighted by molar-refractivity contribution is 0.00138. The first-order chi connectivity index (χ1) is 8.09. The highest BCUT2D eigenvalue weighted by atomic mass is 16.5. The van der Waals surface area contributed by atoms with E-state index in [0.29, 0.717) is 12.5 Å². The molecule has 1 aliphatic carbocycles. The molecule has 1 N–H and O–H groups in total. The number of ether oxygens (including phenoxy) is 1. The third-order valence-corrected chi connectivity index (χ3v) is 3.57. The number of hydrogen-bond donors (Lipinski definition) is 1. The third-order valence-electron chi connectivity index (χ3n) is 3.57. The highest BCUT2D eigenvalue weighted by molar-refractivity contribution is 5.30. The highest BCUT2D eigenvalue weighted by Gasteiger charge is 2.31. The van der Waals surface area contributed by atoms with Crippen LogP contribution in [0.25, 0.3) is 0 Å².